The van der Waals surface area contributed by atoms with Gasteiger partial charge in [0.1, 0.15) is 0 Å². The SMILES string of the molecule is CCNCCc1cc(Br)ccc1C. The molecule has 1 aromatic rings. The van der Waals surface area contributed by atoms with Crippen LogP contribution < -0.4 is 5.32 Å². The largest absolute Gasteiger partial charge is 0.317 e. The summed E-state index contributed by atoms with van der Waals surface area (Å²) in [5.74, 6) is 0. The molecule has 72 valence electrons. The molecule has 0 aliphatic heterocycles. The number of nitrogens with one attached hydrogen (secondary N) is 1. The van der Waals surface area contributed by atoms with E-state index < -0.39 is 0 Å². The molecule has 13 heavy (non-hydrogen) atoms. The summed E-state index contributed by atoms with van der Waals surface area (Å²) >= 11 is 3.48. The Kier molecular flexibility index (Phi) is 4.46. The molecular formula is C11H16BrN. The van der Waals surface area contributed by atoms with E-state index in [0.717, 1.165) is 19.5 Å². The predicted molar refractivity (Wildman–Crippen MR) is 61.1 cm³/mol. The highest BCUT2D eigenvalue weighted by Gasteiger charge is 1.98. The van der Waals surface area contributed by atoms with Crippen LogP contribution in [-0.2, 0) is 6.42 Å². The van der Waals surface area contributed by atoms with Crippen molar-refractivity contribution in [1.29, 1.82) is 0 Å². The number of hydrogen-bond donors (Lipinski definition) is 1. The van der Waals surface area contributed by atoms with Crippen molar-refractivity contribution in [3.05, 3.63) is 33.8 Å². The van der Waals surface area contributed by atoms with Gasteiger partial charge >= 0.3 is 0 Å². The Bertz CT molecular complexity index is 271. The number of rotatable bonds is 4. The normalized spacial score (nSPS) is 10.4. The average Bonchev–Trinajstić information content (AvgIpc) is 2.11. The van der Waals surface area contributed by atoms with E-state index in [1.165, 1.54) is 15.6 Å². The van der Waals surface area contributed by atoms with Gasteiger partial charge in [0.2, 0.25) is 0 Å². The Balaban J connectivity index is 2.59. The molecule has 0 saturated heterocycles. The third kappa shape index (κ3) is 3.49. The van der Waals surface area contributed by atoms with Crippen LogP contribution in [0.5, 0.6) is 0 Å². The molecule has 0 bridgehead atoms. The first-order valence-corrected chi connectivity index (χ1v) is 5.49. The molecule has 0 amide bonds. The number of hydrogen-bond acceptors (Lipinski definition) is 1. The number of likely N-dealkylation sites (N-methyl/N-ethyl adjacent to an activating group) is 1. The maximum absolute atomic E-state index is 3.48. The van der Waals surface area contributed by atoms with E-state index in [4.69, 9.17) is 0 Å². The van der Waals surface area contributed by atoms with Crippen LogP contribution in [0, 0.1) is 6.92 Å². The van der Waals surface area contributed by atoms with E-state index in [2.05, 4.69) is 53.3 Å². The smallest absolute Gasteiger partial charge is 0.0178 e. The molecule has 2 heteroatoms. The van der Waals surface area contributed by atoms with Crippen LogP contribution in [0.3, 0.4) is 0 Å². The molecule has 0 aromatic heterocycles. The van der Waals surface area contributed by atoms with Crippen molar-refractivity contribution in [2.24, 2.45) is 0 Å². The molecule has 0 spiro atoms. The quantitative estimate of drug-likeness (QED) is 0.800. The van der Waals surface area contributed by atoms with Gasteiger partial charge in [-0.25, -0.2) is 0 Å². The lowest BCUT2D eigenvalue weighted by Gasteiger charge is -2.06. The summed E-state index contributed by atoms with van der Waals surface area (Å²) in [4.78, 5) is 0. The molecule has 0 saturated carbocycles. The van der Waals surface area contributed by atoms with Crippen molar-refractivity contribution in [2.75, 3.05) is 13.1 Å². The Morgan fingerprint density at radius 3 is 2.85 bits per heavy atom. The minimum Gasteiger partial charge on any atom is -0.317 e. The molecule has 0 heterocycles. The van der Waals surface area contributed by atoms with E-state index in [-0.39, 0.29) is 0 Å². The molecule has 1 rings (SSSR count). The Hall–Kier alpha value is -0.340. The summed E-state index contributed by atoms with van der Waals surface area (Å²) in [5, 5.41) is 3.33. The van der Waals surface area contributed by atoms with Crippen molar-refractivity contribution in [3.63, 3.8) is 0 Å². The number of aryl methyl sites for hydroxylation is 1. The zero-order chi connectivity index (χ0) is 9.68. The average molecular weight is 242 g/mol. The molecule has 0 aliphatic carbocycles. The first-order chi connectivity index (χ1) is 6.24. The van der Waals surface area contributed by atoms with Crippen molar-refractivity contribution >= 4 is 15.9 Å². The maximum Gasteiger partial charge on any atom is 0.0178 e. The fourth-order valence-corrected chi connectivity index (χ4v) is 1.72. The van der Waals surface area contributed by atoms with Gasteiger partial charge in [0, 0.05) is 4.47 Å². The third-order valence-electron chi connectivity index (χ3n) is 2.13. The van der Waals surface area contributed by atoms with Crippen molar-refractivity contribution in [1.82, 2.24) is 5.32 Å². The van der Waals surface area contributed by atoms with Crippen LogP contribution in [0.1, 0.15) is 18.1 Å². The van der Waals surface area contributed by atoms with E-state index in [0.29, 0.717) is 0 Å². The van der Waals surface area contributed by atoms with Crippen LogP contribution in [-0.4, -0.2) is 13.1 Å². The van der Waals surface area contributed by atoms with Crippen molar-refractivity contribution in [2.45, 2.75) is 20.3 Å². The number of halogens is 1. The van der Waals surface area contributed by atoms with Crippen LogP contribution in [0.2, 0.25) is 0 Å². The molecular weight excluding hydrogens is 226 g/mol. The van der Waals surface area contributed by atoms with E-state index in [9.17, 15) is 0 Å². The lowest BCUT2D eigenvalue weighted by molar-refractivity contribution is 0.715. The summed E-state index contributed by atoms with van der Waals surface area (Å²) in [7, 11) is 0. The first kappa shape index (κ1) is 10.7. The third-order valence-corrected chi connectivity index (χ3v) is 2.63. The molecule has 1 aromatic carbocycles. The van der Waals surface area contributed by atoms with Gasteiger partial charge in [-0.15, -0.1) is 0 Å². The van der Waals surface area contributed by atoms with E-state index in [1.807, 2.05) is 0 Å². The highest BCUT2D eigenvalue weighted by molar-refractivity contribution is 9.10. The molecule has 0 fully saturated rings. The summed E-state index contributed by atoms with van der Waals surface area (Å²) in [6.07, 6.45) is 1.11. The fraction of sp³-hybridized carbons (Fsp3) is 0.455. The minimum atomic E-state index is 1.05. The second kappa shape index (κ2) is 5.40. The van der Waals surface area contributed by atoms with E-state index in [1.54, 1.807) is 0 Å². The maximum atomic E-state index is 3.48. The monoisotopic (exact) mass is 241 g/mol. The van der Waals surface area contributed by atoms with Gasteiger partial charge in [-0.1, -0.05) is 28.9 Å². The Labute approximate surface area is 88.7 Å². The van der Waals surface area contributed by atoms with Gasteiger partial charge in [0.15, 0.2) is 0 Å². The predicted octanol–water partition coefficient (Wildman–Crippen LogP) is 2.91. The van der Waals surface area contributed by atoms with Gasteiger partial charge in [-0.3, -0.25) is 0 Å². The van der Waals surface area contributed by atoms with Gasteiger partial charge in [0.05, 0.1) is 0 Å². The molecule has 0 unspecified atom stereocenters. The highest BCUT2D eigenvalue weighted by atomic mass is 79.9. The van der Waals surface area contributed by atoms with Crippen molar-refractivity contribution < 1.29 is 0 Å². The second-order valence-electron chi connectivity index (χ2n) is 3.17. The van der Waals surface area contributed by atoms with Crippen LogP contribution >= 0.6 is 15.9 Å². The number of benzene rings is 1. The lowest BCUT2D eigenvalue weighted by Crippen LogP contribution is -2.16. The molecule has 0 radical (unpaired) electrons. The van der Waals surface area contributed by atoms with Gasteiger partial charge in [0.25, 0.3) is 0 Å². The van der Waals surface area contributed by atoms with Crippen LogP contribution in [0.25, 0.3) is 0 Å². The topological polar surface area (TPSA) is 12.0 Å². The minimum absolute atomic E-state index is 1.05. The molecule has 0 atom stereocenters. The van der Waals surface area contributed by atoms with Gasteiger partial charge in [-0.05, 0) is 49.7 Å². The molecule has 0 aliphatic rings. The van der Waals surface area contributed by atoms with Crippen LogP contribution in [0.4, 0.5) is 0 Å². The zero-order valence-corrected chi connectivity index (χ0v) is 9.82. The lowest BCUT2D eigenvalue weighted by atomic mass is 10.1. The molecule has 1 N–H and O–H groups in total. The zero-order valence-electron chi connectivity index (χ0n) is 8.23. The summed E-state index contributed by atoms with van der Waals surface area (Å²) < 4.78 is 1.17. The van der Waals surface area contributed by atoms with E-state index >= 15 is 0 Å². The Morgan fingerprint density at radius 2 is 2.15 bits per heavy atom. The second-order valence-corrected chi connectivity index (χ2v) is 4.09. The summed E-state index contributed by atoms with van der Waals surface area (Å²) in [6.45, 7) is 6.41. The summed E-state index contributed by atoms with van der Waals surface area (Å²) in [5.41, 5.74) is 2.80. The molecule has 1 nitrogen and oxygen atoms in total. The van der Waals surface area contributed by atoms with Crippen LogP contribution in [0.15, 0.2) is 22.7 Å². The van der Waals surface area contributed by atoms with Gasteiger partial charge in [-0.2, -0.15) is 0 Å². The fourth-order valence-electron chi connectivity index (χ4n) is 1.31. The first-order valence-electron chi connectivity index (χ1n) is 4.69. The standard InChI is InChI=1S/C11H16BrN/c1-3-13-7-6-10-8-11(12)5-4-9(10)2/h4-5,8,13H,3,6-7H2,1-2H3. The summed E-state index contributed by atoms with van der Waals surface area (Å²) in [6, 6.07) is 6.45. The van der Waals surface area contributed by atoms with Gasteiger partial charge < -0.3 is 5.32 Å². The van der Waals surface area contributed by atoms with Crippen molar-refractivity contribution in [3.8, 4) is 0 Å². The Morgan fingerprint density at radius 1 is 1.38 bits per heavy atom. The highest BCUT2D eigenvalue weighted by Crippen LogP contribution is 2.16.